The number of piperazine rings is 1. The van der Waals surface area contributed by atoms with E-state index in [0.29, 0.717) is 11.8 Å². The van der Waals surface area contributed by atoms with Gasteiger partial charge < -0.3 is 14.6 Å². The fourth-order valence-corrected chi connectivity index (χ4v) is 1.85. The maximum atomic E-state index is 12.0. The fourth-order valence-electron chi connectivity index (χ4n) is 1.85. The zero-order valence-electron chi connectivity index (χ0n) is 9.47. The Morgan fingerprint density at radius 1 is 1.56 bits per heavy atom. The number of rotatable bonds is 1. The molecule has 0 saturated carbocycles. The van der Waals surface area contributed by atoms with Gasteiger partial charge in [-0.25, -0.2) is 0 Å². The summed E-state index contributed by atoms with van der Waals surface area (Å²) < 4.78 is 5.12. The van der Waals surface area contributed by atoms with Crippen LogP contribution < -0.4 is 5.32 Å². The van der Waals surface area contributed by atoms with E-state index in [1.807, 2.05) is 11.8 Å². The largest absolute Gasteiger partial charge is 0.459 e. The van der Waals surface area contributed by atoms with Gasteiger partial charge in [0.15, 0.2) is 5.76 Å². The van der Waals surface area contributed by atoms with Crippen molar-refractivity contribution in [1.29, 1.82) is 0 Å². The van der Waals surface area contributed by atoms with Gasteiger partial charge in [-0.05, 0) is 26.0 Å². The van der Waals surface area contributed by atoms with Crippen molar-refractivity contribution < 1.29 is 9.21 Å². The molecule has 1 aliphatic heterocycles. The summed E-state index contributed by atoms with van der Waals surface area (Å²) in [5.41, 5.74) is 0. The summed E-state index contributed by atoms with van der Waals surface area (Å²) in [7, 11) is 0. The molecule has 0 bridgehead atoms. The molecular formula is C11H17ClN2O2. The minimum Gasteiger partial charge on any atom is -0.459 e. The van der Waals surface area contributed by atoms with E-state index in [9.17, 15) is 4.79 Å². The van der Waals surface area contributed by atoms with Crippen molar-refractivity contribution in [3.05, 3.63) is 24.2 Å². The first kappa shape index (κ1) is 13.1. The van der Waals surface area contributed by atoms with Crippen LogP contribution in [0.25, 0.3) is 0 Å². The van der Waals surface area contributed by atoms with E-state index in [1.165, 1.54) is 6.26 Å². The molecule has 2 heterocycles. The zero-order chi connectivity index (χ0) is 10.8. The summed E-state index contributed by atoms with van der Waals surface area (Å²) >= 11 is 0. The van der Waals surface area contributed by atoms with Crippen molar-refractivity contribution in [2.75, 3.05) is 13.1 Å². The van der Waals surface area contributed by atoms with Gasteiger partial charge in [-0.1, -0.05) is 0 Å². The fraction of sp³-hybridized carbons (Fsp3) is 0.545. The Labute approximate surface area is 101 Å². The highest BCUT2D eigenvalue weighted by atomic mass is 35.5. The number of carbonyl (C=O) groups excluding carboxylic acids is 1. The van der Waals surface area contributed by atoms with Crippen LogP contribution in [0.2, 0.25) is 0 Å². The minimum absolute atomic E-state index is 0. The van der Waals surface area contributed by atoms with E-state index in [1.54, 1.807) is 12.1 Å². The number of hydrogen-bond donors (Lipinski definition) is 1. The van der Waals surface area contributed by atoms with Crippen molar-refractivity contribution in [3.8, 4) is 0 Å². The summed E-state index contributed by atoms with van der Waals surface area (Å²) in [6.45, 7) is 5.70. The molecule has 2 rings (SSSR count). The lowest BCUT2D eigenvalue weighted by atomic mass is 10.1. The van der Waals surface area contributed by atoms with E-state index in [2.05, 4.69) is 12.2 Å². The average Bonchev–Trinajstić information content (AvgIpc) is 2.74. The van der Waals surface area contributed by atoms with Gasteiger partial charge in [0.25, 0.3) is 5.91 Å². The van der Waals surface area contributed by atoms with Crippen LogP contribution in [-0.2, 0) is 0 Å². The SMILES string of the molecule is CC1CN(C(=O)c2ccco2)C(C)CN1.Cl. The number of amides is 1. The predicted octanol–water partition coefficient (Wildman–Crippen LogP) is 1.52. The van der Waals surface area contributed by atoms with Crippen molar-refractivity contribution >= 4 is 18.3 Å². The number of hydrogen-bond acceptors (Lipinski definition) is 3. The van der Waals surface area contributed by atoms with Crippen molar-refractivity contribution in [3.63, 3.8) is 0 Å². The molecule has 5 heteroatoms. The maximum Gasteiger partial charge on any atom is 0.289 e. The Morgan fingerprint density at radius 2 is 2.31 bits per heavy atom. The van der Waals surface area contributed by atoms with Gasteiger partial charge in [0.1, 0.15) is 0 Å². The highest BCUT2D eigenvalue weighted by molar-refractivity contribution is 5.91. The van der Waals surface area contributed by atoms with E-state index < -0.39 is 0 Å². The molecule has 1 fully saturated rings. The van der Waals surface area contributed by atoms with Crippen LogP contribution in [0.4, 0.5) is 0 Å². The van der Waals surface area contributed by atoms with Gasteiger partial charge in [-0.2, -0.15) is 0 Å². The summed E-state index contributed by atoms with van der Waals surface area (Å²) in [4.78, 5) is 13.9. The Hall–Kier alpha value is -1.00. The molecule has 1 aliphatic rings. The molecular weight excluding hydrogens is 228 g/mol. The molecule has 90 valence electrons. The van der Waals surface area contributed by atoms with Crippen LogP contribution in [-0.4, -0.2) is 36.0 Å². The molecule has 1 amide bonds. The number of nitrogens with zero attached hydrogens (tertiary/aromatic N) is 1. The molecule has 1 aromatic rings. The van der Waals surface area contributed by atoms with Crippen LogP contribution in [0.15, 0.2) is 22.8 Å². The highest BCUT2D eigenvalue weighted by Crippen LogP contribution is 2.12. The first-order chi connectivity index (χ1) is 7.18. The van der Waals surface area contributed by atoms with Gasteiger partial charge in [-0.15, -0.1) is 12.4 Å². The lowest BCUT2D eigenvalue weighted by Gasteiger charge is -2.37. The first-order valence-corrected chi connectivity index (χ1v) is 5.26. The Bertz CT molecular complexity index is 340. The molecule has 4 nitrogen and oxygen atoms in total. The van der Waals surface area contributed by atoms with Crippen molar-refractivity contribution in [2.45, 2.75) is 25.9 Å². The minimum atomic E-state index is -0.0131. The van der Waals surface area contributed by atoms with Gasteiger partial charge in [0.2, 0.25) is 0 Å². The van der Waals surface area contributed by atoms with Crippen LogP contribution in [0.1, 0.15) is 24.4 Å². The van der Waals surface area contributed by atoms with Gasteiger partial charge in [0, 0.05) is 25.2 Å². The topological polar surface area (TPSA) is 45.5 Å². The Morgan fingerprint density at radius 3 is 2.94 bits per heavy atom. The molecule has 0 radical (unpaired) electrons. The highest BCUT2D eigenvalue weighted by Gasteiger charge is 2.28. The van der Waals surface area contributed by atoms with E-state index in [0.717, 1.165) is 13.1 Å². The summed E-state index contributed by atoms with van der Waals surface area (Å²) in [5.74, 6) is 0.414. The average molecular weight is 245 g/mol. The van der Waals surface area contributed by atoms with Crippen LogP contribution in [0.3, 0.4) is 0 Å². The Balaban J connectivity index is 0.00000128. The second kappa shape index (κ2) is 5.37. The first-order valence-electron chi connectivity index (χ1n) is 5.26. The molecule has 2 atom stereocenters. The second-order valence-electron chi connectivity index (χ2n) is 4.09. The molecule has 2 unspecified atom stereocenters. The van der Waals surface area contributed by atoms with Gasteiger partial charge in [0.05, 0.1) is 6.26 Å². The molecule has 1 saturated heterocycles. The van der Waals surface area contributed by atoms with Gasteiger partial charge in [-0.3, -0.25) is 4.79 Å². The summed E-state index contributed by atoms with van der Waals surface area (Å²) in [5, 5.41) is 3.34. The zero-order valence-corrected chi connectivity index (χ0v) is 10.3. The third-order valence-corrected chi connectivity index (χ3v) is 2.76. The smallest absolute Gasteiger partial charge is 0.289 e. The van der Waals surface area contributed by atoms with Crippen molar-refractivity contribution in [1.82, 2.24) is 10.2 Å². The molecule has 1 N–H and O–H groups in total. The number of halogens is 1. The summed E-state index contributed by atoms with van der Waals surface area (Å²) in [6, 6.07) is 4.02. The van der Waals surface area contributed by atoms with Crippen LogP contribution >= 0.6 is 12.4 Å². The van der Waals surface area contributed by atoms with E-state index in [-0.39, 0.29) is 24.4 Å². The quantitative estimate of drug-likeness (QED) is 0.815. The van der Waals surface area contributed by atoms with Crippen molar-refractivity contribution in [2.24, 2.45) is 0 Å². The van der Waals surface area contributed by atoms with E-state index >= 15 is 0 Å². The molecule has 0 aromatic carbocycles. The summed E-state index contributed by atoms with van der Waals surface area (Å²) in [6.07, 6.45) is 1.53. The molecule has 1 aromatic heterocycles. The van der Waals surface area contributed by atoms with Gasteiger partial charge >= 0.3 is 0 Å². The monoisotopic (exact) mass is 244 g/mol. The number of furan rings is 1. The third-order valence-electron chi connectivity index (χ3n) is 2.76. The normalized spacial score (nSPS) is 25.0. The van der Waals surface area contributed by atoms with E-state index in [4.69, 9.17) is 4.42 Å². The number of carbonyl (C=O) groups is 1. The van der Waals surface area contributed by atoms with Crippen LogP contribution in [0, 0.1) is 0 Å². The van der Waals surface area contributed by atoms with Crippen LogP contribution in [0.5, 0.6) is 0 Å². The number of nitrogens with one attached hydrogen (secondary N) is 1. The Kier molecular flexibility index (Phi) is 4.38. The second-order valence-corrected chi connectivity index (χ2v) is 4.09. The third kappa shape index (κ3) is 2.57. The maximum absolute atomic E-state index is 12.0. The molecule has 0 aliphatic carbocycles. The lowest BCUT2D eigenvalue weighted by molar-refractivity contribution is 0.0584. The lowest BCUT2D eigenvalue weighted by Crippen LogP contribution is -2.56. The predicted molar refractivity (Wildman–Crippen MR) is 63.9 cm³/mol. The molecule has 16 heavy (non-hydrogen) atoms. The standard InChI is InChI=1S/C11H16N2O2.ClH/c1-8-7-13(9(2)6-12-8)11(14)10-4-3-5-15-10;/h3-5,8-9,12H,6-7H2,1-2H3;1H. The molecule has 0 spiro atoms.